The molecule has 9 atom stereocenters. The Kier molecular flexibility index (Phi) is 13.1. The lowest BCUT2D eigenvalue weighted by molar-refractivity contribution is -0.145. The number of hydrogen-bond acceptors (Lipinski definition) is 7. The van der Waals surface area contributed by atoms with E-state index >= 15 is 0 Å². The van der Waals surface area contributed by atoms with Gasteiger partial charge in [0, 0.05) is 31.5 Å². The summed E-state index contributed by atoms with van der Waals surface area (Å²) in [6.07, 6.45) is 1.28. The fourth-order valence-electron chi connectivity index (χ4n) is 6.60. The Morgan fingerprint density at radius 3 is 2.24 bits per heavy atom. The second-order valence-corrected chi connectivity index (χ2v) is 13.2. The van der Waals surface area contributed by atoms with Gasteiger partial charge in [-0.1, -0.05) is 65.3 Å². The van der Waals surface area contributed by atoms with Crippen molar-refractivity contribution in [2.45, 2.75) is 112 Å². The quantitative estimate of drug-likeness (QED) is 0.126. The molecule has 0 aromatic heterocycles. The van der Waals surface area contributed by atoms with Crippen LogP contribution in [-0.2, 0) is 25.6 Å². The van der Waals surface area contributed by atoms with Crippen LogP contribution in [0.3, 0.4) is 0 Å². The van der Waals surface area contributed by atoms with E-state index in [1.54, 1.807) is 14.2 Å². The largest absolute Gasteiger partial charge is 0.497 e. The van der Waals surface area contributed by atoms with Gasteiger partial charge in [-0.2, -0.15) is 0 Å². The first-order valence-corrected chi connectivity index (χ1v) is 15.1. The van der Waals surface area contributed by atoms with Crippen LogP contribution >= 0.6 is 0 Å². The van der Waals surface area contributed by atoms with Crippen LogP contribution < -0.4 is 4.74 Å². The average Bonchev–Trinajstić information content (AvgIpc) is 3.62. The topological polar surface area (TPSA) is 97.8 Å². The van der Waals surface area contributed by atoms with E-state index in [0.29, 0.717) is 26.1 Å². The molecule has 0 radical (unpaired) electrons. The molecule has 1 aromatic rings. The molecular weight excluding hydrogens is 520 g/mol. The first kappa shape index (κ1) is 35.4. The molecule has 2 rings (SSSR count). The number of rotatable bonds is 18. The number of ether oxygens (including phenoxy) is 4. The maximum Gasteiger partial charge on any atom is 0.143 e. The van der Waals surface area contributed by atoms with Gasteiger partial charge in [0.15, 0.2) is 0 Å². The first-order chi connectivity index (χ1) is 19.1. The summed E-state index contributed by atoms with van der Waals surface area (Å²) in [4.78, 5) is 13.8. The molecule has 1 heterocycles. The number of carbonyl (C=O) groups is 1. The molecule has 1 aromatic carbocycles. The summed E-state index contributed by atoms with van der Waals surface area (Å²) in [5.41, 5.74) is 0.825. The smallest absolute Gasteiger partial charge is 0.143 e. The first-order valence-electron chi connectivity index (χ1n) is 15.1. The van der Waals surface area contributed by atoms with E-state index in [9.17, 15) is 15.0 Å². The van der Waals surface area contributed by atoms with E-state index in [-0.39, 0.29) is 35.6 Å². The lowest BCUT2D eigenvalue weighted by Gasteiger charge is -2.39. The number of carbonyl (C=O) groups excluding carboxylic acids is 1. The molecule has 234 valence electrons. The monoisotopic (exact) mass is 576 g/mol. The average molecular weight is 577 g/mol. The van der Waals surface area contributed by atoms with Crippen molar-refractivity contribution in [1.29, 1.82) is 0 Å². The minimum Gasteiger partial charge on any atom is -0.497 e. The number of ketones is 1. The number of allylic oxidation sites excluding steroid dienone is 1. The number of epoxide rings is 1. The van der Waals surface area contributed by atoms with Gasteiger partial charge in [0.1, 0.15) is 17.1 Å². The molecular formula is C34H56O7. The van der Waals surface area contributed by atoms with Crippen molar-refractivity contribution in [1.82, 2.24) is 0 Å². The molecule has 2 N–H and O–H groups in total. The number of aliphatic hydroxyl groups excluding tert-OH is 2. The maximum atomic E-state index is 13.8. The molecule has 0 saturated carbocycles. The summed E-state index contributed by atoms with van der Waals surface area (Å²) < 4.78 is 22.8. The van der Waals surface area contributed by atoms with Crippen molar-refractivity contribution in [3.63, 3.8) is 0 Å². The van der Waals surface area contributed by atoms with Gasteiger partial charge < -0.3 is 29.2 Å². The van der Waals surface area contributed by atoms with Gasteiger partial charge in [-0.15, -0.1) is 0 Å². The third-order valence-electron chi connectivity index (χ3n) is 8.93. The molecule has 0 aliphatic carbocycles. The molecule has 1 fully saturated rings. The van der Waals surface area contributed by atoms with Gasteiger partial charge in [-0.3, -0.25) is 4.79 Å². The van der Waals surface area contributed by atoms with E-state index < -0.39 is 29.3 Å². The number of methoxy groups -OCH3 is 2. The van der Waals surface area contributed by atoms with Gasteiger partial charge in [-0.05, 0) is 57.2 Å². The molecule has 1 saturated heterocycles. The lowest BCUT2D eigenvalue weighted by Crippen LogP contribution is -2.48. The van der Waals surface area contributed by atoms with Crippen molar-refractivity contribution in [2.75, 3.05) is 20.8 Å². The molecule has 1 aliphatic rings. The highest BCUT2D eigenvalue weighted by Crippen LogP contribution is 2.47. The minimum absolute atomic E-state index is 0.0299. The van der Waals surface area contributed by atoms with Crippen LogP contribution in [0.1, 0.15) is 80.7 Å². The number of benzene rings is 1. The standard InChI is InChI=1S/C34H56O7/c1-21(2)18-24(5)31-34(9,41-31)30(37)23(4)19-22(3)29(36)33(7,8)32(39-11)25(6)28(35)16-17-40-20-26-12-14-27(38-10)15-13-26/h12-15,18,22-25,28,30-32,35,37H,16-17,19-20H2,1-11H3/t22-,23-,24-,25+,28-,30-,31+,32-,34-/m0/s1. The van der Waals surface area contributed by atoms with Gasteiger partial charge in [0.25, 0.3) is 0 Å². The predicted molar refractivity (Wildman–Crippen MR) is 163 cm³/mol. The van der Waals surface area contributed by atoms with Crippen LogP contribution in [0.15, 0.2) is 35.9 Å². The lowest BCUT2D eigenvalue weighted by atomic mass is 9.70. The molecule has 0 bridgehead atoms. The Morgan fingerprint density at radius 1 is 1.10 bits per heavy atom. The summed E-state index contributed by atoms with van der Waals surface area (Å²) in [5.74, 6) is 0.383. The zero-order valence-corrected chi connectivity index (χ0v) is 27.3. The summed E-state index contributed by atoms with van der Waals surface area (Å²) in [6.45, 7) is 18.7. The highest BCUT2D eigenvalue weighted by atomic mass is 16.6. The van der Waals surface area contributed by atoms with Crippen molar-refractivity contribution in [3.05, 3.63) is 41.5 Å². The Morgan fingerprint density at radius 2 is 1.71 bits per heavy atom. The minimum atomic E-state index is -0.830. The van der Waals surface area contributed by atoms with Crippen molar-refractivity contribution in [3.8, 4) is 5.75 Å². The summed E-state index contributed by atoms with van der Waals surface area (Å²) >= 11 is 0. The molecule has 7 nitrogen and oxygen atoms in total. The van der Waals surface area contributed by atoms with Gasteiger partial charge in [0.05, 0.1) is 43.5 Å². The Bertz CT molecular complexity index is 983. The number of aliphatic hydroxyl groups is 2. The Hall–Kier alpha value is -1.77. The predicted octanol–water partition coefficient (Wildman–Crippen LogP) is 5.99. The third-order valence-corrected chi connectivity index (χ3v) is 8.93. The summed E-state index contributed by atoms with van der Waals surface area (Å²) in [6, 6.07) is 7.69. The van der Waals surface area contributed by atoms with E-state index in [0.717, 1.165) is 11.3 Å². The molecule has 41 heavy (non-hydrogen) atoms. The van der Waals surface area contributed by atoms with Gasteiger partial charge >= 0.3 is 0 Å². The fraction of sp³-hybridized carbons (Fsp3) is 0.735. The highest BCUT2D eigenvalue weighted by molar-refractivity contribution is 5.86. The number of hydrogen-bond donors (Lipinski definition) is 2. The highest BCUT2D eigenvalue weighted by Gasteiger charge is 2.60. The van der Waals surface area contributed by atoms with Gasteiger partial charge in [-0.25, -0.2) is 0 Å². The van der Waals surface area contributed by atoms with Crippen LogP contribution in [0.4, 0.5) is 0 Å². The van der Waals surface area contributed by atoms with Gasteiger partial charge in [0.2, 0.25) is 0 Å². The third kappa shape index (κ3) is 9.11. The Labute approximate surface area is 248 Å². The normalized spacial score (nSPS) is 24.0. The SMILES string of the molecule is COc1ccc(COCC[C@H](O)[C@@H](C)[C@H](OC)C(C)(C)C(=O)[C@@H](C)C[C@H](C)[C@H](O)[C@]2(C)O[C@@H]2[C@@H](C)C=C(C)C)cc1. The van der Waals surface area contributed by atoms with Crippen LogP contribution in [0.25, 0.3) is 0 Å². The fourth-order valence-corrected chi connectivity index (χ4v) is 6.60. The maximum absolute atomic E-state index is 13.8. The molecule has 1 aliphatic heterocycles. The second-order valence-electron chi connectivity index (χ2n) is 13.2. The van der Waals surface area contributed by atoms with Crippen LogP contribution in [-0.4, -0.2) is 66.8 Å². The van der Waals surface area contributed by atoms with Crippen molar-refractivity contribution < 1.29 is 34.0 Å². The van der Waals surface area contributed by atoms with E-state index in [2.05, 4.69) is 26.8 Å². The van der Waals surface area contributed by atoms with Crippen molar-refractivity contribution in [2.24, 2.45) is 29.1 Å². The van der Waals surface area contributed by atoms with Crippen molar-refractivity contribution >= 4 is 5.78 Å². The van der Waals surface area contributed by atoms with E-state index in [4.69, 9.17) is 18.9 Å². The molecule has 0 unspecified atom stereocenters. The molecule has 7 heteroatoms. The van der Waals surface area contributed by atoms with E-state index in [1.807, 2.05) is 65.8 Å². The molecule has 0 spiro atoms. The van der Waals surface area contributed by atoms with E-state index in [1.165, 1.54) is 5.57 Å². The summed E-state index contributed by atoms with van der Waals surface area (Å²) in [7, 11) is 3.23. The second kappa shape index (κ2) is 15.1. The number of Topliss-reactive ketones (excluding diaryl/α,β-unsaturated/α-hetero) is 1. The summed E-state index contributed by atoms with van der Waals surface area (Å²) in [5, 5.41) is 22.2. The zero-order valence-electron chi connectivity index (χ0n) is 27.3. The Balaban J connectivity index is 1.92. The zero-order chi connectivity index (χ0) is 31.1. The van der Waals surface area contributed by atoms with Crippen LogP contribution in [0, 0.1) is 29.1 Å². The molecule has 0 amide bonds. The van der Waals surface area contributed by atoms with Crippen LogP contribution in [0.2, 0.25) is 0 Å². The van der Waals surface area contributed by atoms with Crippen LogP contribution in [0.5, 0.6) is 5.75 Å².